The highest BCUT2D eigenvalue weighted by atomic mass is 16.5. The molecule has 0 radical (unpaired) electrons. The minimum Gasteiger partial charge on any atom is -0.491 e. The number of carbonyl (C=O) groups excluding carboxylic acids is 1. The molecule has 0 aliphatic carbocycles. The number of fused-ring (bicyclic) bond motifs is 1. The van der Waals surface area contributed by atoms with E-state index >= 15 is 0 Å². The van der Waals surface area contributed by atoms with Crippen molar-refractivity contribution in [1.82, 2.24) is 10.2 Å². The van der Waals surface area contributed by atoms with Crippen molar-refractivity contribution in [2.75, 3.05) is 19.7 Å². The van der Waals surface area contributed by atoms with Crippen molar-refractivity contribution >= 4 is 5.91 Å². The predicted octanol–water partition coefficient (Wildman–Crippen LogP) is 1.94. The third-order valence-corrected chi connectivity index (χ3v) is 4.14. The number of nitrogens with one attached hydrogen (secondary N) is 1. The molecule has 0 aromatic heterocycles. The van der Waals surface area contributed by atoms with Crippen molar-refractivity contribution < 1.29 is 9.53 Å². The molecule has 1 aromatic rings. The Kier molecular flexibility index (Phi) is 4.21. The number of amides is 1. The Morgan fingerprint density at radius 2 is 2.25 bits per heavy atom. The normalized spacial score (nSPS) is 22.6. The van der Waals surface area contributed by atoms with Crippen LogP contribution in [0, 0.1) is 0 Å². The lowest BCUT2D eigenvalue weighted by atomic mass is 10.0. The third kappa shape index (κ3) is 3.12. The molecule has 0 bridgehead atoms. The van der Waals surface area contributed by atoms with Crippen LogP contribution in [0.5, 0.6) is 5.75 Å². The lowest BCUT2D eigenvalue weighted by Crippen LogP contribution is -2.41. The number of hydrogen-bond acceptors (Lipinski definition) is 3. The van der Waals surface area contributed by atoms with Crippen LogP contribution in [0.15, 0.2) is 24.3 Å². The van der Waals surface area contributed by atoms with Crippen molar-refractivity contribution in [1.29, 1.82) is 0 Å². The van der Waals surface area contributed by atoms with Gasteiger partial charge in [0.2, 0.25) is 5.91 Å². The van der Waals surface area contributed by atoms with Crippen LogP contribution in [0.1, 0.15) is 31.2 Å². The summed E-state index contributed by atoms with van der Waals surface area (Å²) in [5, 5.41) is 3.45. The Labute approximate surface area is 120 Å². The standard InChI is InChI=1S/C16H22N2O2/c19-16(11-14-6-3-4-8-17-14)18-9-10-20-15-7-2-1-5-13(15)12-18/h1-2,5,7,14,17H,3-4,6,8-12H2. The van der Waals surface area contributed by atoms with Crippen LogP contribution < -0.4 is 10.1 Å². The van der Waals surface area contributed by atoms with Gasteiger partial charge in [-0.2, -0.15) is 0 Å². The Bertz CT molecular complexity index is 469. The van der Waals surface area contributed by atoms with Gasteiger partial charge >= 0.3 is 0 Å². The van der Waals surface area contributed by atoms with E-state index in [1.165, 1.54) is 12.8 Å². The maximum Gasteiger partial charge on any atom is 0.224 e. The van der Waals surface area contributed by atoms with Crippen LogP contribution in [0.3, 0.4) is 0 Å². The molecule has 108 valence electrons. The summed E-state index contributed by atoms with van der Waals surface area (Å²) in [6.45, 7) is 2.98. The first-order valence-electron chi connectivity index (χ1n) is 7.55. The fraction of sp³-hybridized carbons (Fsp3) is 0.562. The molecule has 2 aliphatic rings. The molecule has 2 heterocycles. The number of ether oxygens (including phenoxy) is 1. The van der Waals surface area contributed by atoms with Gasteiger partial charge in [0.05, 0.1) is 6.54 Å². The summed E-state index contributed by atoms with van der Waals surface area (Å²) in [5.74, 6) is 1.16. The highest BCUT2D eigenvalue weighted by Crippen LogP contribution is 2.23. The van der Waals surface area contributed by atoms with Crippen LogP contribution in [0.2, 0.25) is 0 Å². The molecule has 0 saturated carbocycles. The monoisotopic (exact) mass is 274 g/mol. The minimum absolute atomic E-state index is 0.240. The SMILES string of the molecule is O=C(CC1CCCCN1)N1CCOc2ccccc2C1. The molecule has 0 spiro atoms. The molecule has 20 heavy (non-hydrogen) atoms. The molecule has 1 atom stereocenters. The molecule has 1 amide bonds. The lowest BCUT2D eigenvalue weighted by Gasteiger charge is -2.26. The van der Waals surface area contributed by atoms with Crippen LogP contribution in [-0.4, -0.2) is 36.5 Å². The molecular weight excluding hydrogens is 252 g/mol. The van der Waals surface area contributed by atoms with E-state index in [4.69, 9.17) is 4.74 Å². The second-order valence-electron chi connectivity index (χ2n) is 5.62. The van der Waals surface area contributed by atoms with E-state index in [9.17, 15) is 4.79 Å². The topological polar surface area (TPSA) is 41.6 Å². The number of carbonyl (C=O) groups is 1. The fourth-order valence-electron chi connectivity index (χ4n) is 2.98. The maximum absolute atomic E-state index is 12.5. The second-order valence-corrected chi connectivity index (χ2v) is 5.62. The number of hydrogen-bond donors (Lipinski definition) is 1. The molecule has 4 nitrogen and oxygen atoms in total. The first-order chi connectivity index (χ1) is 9.83. The Morgan fingerprint density at radius 1 is 1.35 bits per heavy atom. The highest BCUT2D eigenvalue weighted by molar-refractivity contribution is 5.77. The molecule has 3 rings (SSSR count). The zero-order valence-electron chi connectivity index (χ0n) is 11.8. The van der Waals surface area contributed by atoms with Crippen molar-refractivity contribution in [3.63, 3.8) is 0 Å². The molecule has 2 aliphatic heterocycles. The van der Waals surface area contributed by atoms with E-state index in [1.807, 2.05) is 29.2 Å². The Balaban J connectivity index is 1.63. The molecule has 1 saturated heterocycles. The average Bonchev–Trinajstić information content (AvgIpc) is 2.70. The highest BCUT2D eigenvalue weighted by Gasteiger charge is 2.23. The predicted molar refractivity (Wildman–Crippen MR) is 77.6 cm³/mol. The molecule has 4 heteroatoms. The third-order valence-electron chi connectivity index (χ3n) is 4.14. The van der Waals surface area contributed by atoms with Crippen LogP contribution in [0.4, 0.5) is 0 Å². The molecule has 1 fully saturated rings. The number of rotatable bonds is 2. The summed E-state index contributed by atoms with van der Waals surface area (Å²) in [5.41, 5.74) is 1.11. The first kappa shape index (κ1) is 13.4. The van der Waals surface area contributed by atoms with E-state index in [-0.39, 0.29) is 5.91 Å². The molecular formula is C16H22N2O2. The minimum atomic E-state index is 0.240. The molecule has 1 aromatic carbocycles. The van der Waals surface area contributed by atoms with E-state index in [0.717, 1.165) is 24.3 Å². The summed E-state index contributed by atoms with van der Waals surface area (Å²) in [6.07, 6.45) is 4.20. The summed E-state index contributed by atoms with van der Waals surface area (Å²) in [4.78, 5) is 14.4. The largest absolute Gasteiger partial charge is 0.491 e. The second kappa shape index (κ2) is 6.27. The zero-order valence-corrected chi connectivity index (χ0v) is 11.8. The number of nitrogens with zero attached hydrogens (tertiary/aromatic N) is 1. The van der Waals surface area contributed by atoms with Gasteiger partial charge in [-0.15, -0.1) is 0 Å². The van der Waals surface area contributed by atoms with Gasteiger partial charge in [0.25, 0.3) is 0 Å². The number of benzene rings is 1. The lowest BCUT2D eigenvalue weighted by molar-refractivity contribution is -0.132. The van der Waals surface area contributed by atoms with Crippen molar-refractivity contribution in [2.24, 2.45) is 0 Å². The molecule has 1 N–H and O–H groups in total. The van der Waals surface area contributed by atoms with Gasteiger partial charge in [-0.1, -0.05) is 24.6 Å². The maximum atomic E-state index is 12.5. The van der Waals surface area contributed by atoms with Crippen molar-refractivity contribution in [3.8, 4) is 5.75 Å². The van der Waals surface area contributed by atoms with E-state index < -0.39 is 0 Å². The quantitative estimate of drug-likeness (QED) is 0.896. The van der Waals surface area contributed by atoms with E-state index in [1.54, 1.807) is 0 Å². The first-order valence-corrected chi connectivity index (χ1v) is 7.55. The van der Waals surface area contributed by atoms with Gasteiger partial charge in [-0.3, -0.25) is 4.79 Å². The smallest absolute Gasteiger partial charge is 0.224 e. The van der Waals surface area contributed by atoms with E-state index in [2.05, 4.69) is 5.32 Å². The van der Waals surface area contributed by atoms with Crippen LogP contribution in [-0.2, 0) is 11.3 Å². The van der Waals surface area contributed by atoms with Crippen molar-refractivity contribution in [3.05, 3.63) is 29.8 Å². The van der Waals surface area contributed by atoms with E-state index in [0.29, 0.717) is 32.2 Å². The summed E-state index contributed by atoms with van der Waals surface area (Å²) < 4.78 is 5.71. The molecule has 1 unspecified atom stereocenters. The van der Waals surface area contributed by atoms with Crippen molar-refractivity contribution in [2.45, 2.75) is 38.3 Å². The summed E-state index contributed by atoms with van der Waals surface area (Å²) >= 11 is 0. The van der Waals surface area contributed by atoms with Gasteiger partial charge in [-0.25, -0.2) is 0 Å². The van der Waals surface area contributed by atoms with Gasteiger partial charge in [-0.05, 0) is 25.5 Å². The Hall–Kier alpha value is -1.55. The Morgan fingerprint density at radius 3 is 3.10 bits per heavy atom. The van der Waals surface area contributed by atoms with Gasteiger partial charge in [0, 0.05) is 24.6 Å². The fourth-order valence-corrected chi connectivity index (χ4v) is 2.98. The van der Waals surface area contributed by atoms with Gasteiger partial charge < -0.3 is 15.0 Å². The van der Waals surface area contributed by atoms with Crippen LogP contribution in [0.25, 0.3) is 0 Å². The van der Waals surface area contributed by atoms with Gasteiger partial charge in [0.15, 0.2) is 0 Å². The van der Waals surface area contributed by atoms with Crippen LogP contribution >= 0.6 is 0 Å². The number of para-hydroxylation sites is 1. The number of piperidine rings is 1. The average molecular weight is 274 g/mol. The zero-order chi connectivity index (χ0) is 13.8. The summed E-state index contributed by atoms with van der Waals surface area (Å²) in [7, 11) is 0. The van der Waals surface area contributed by atoms with Gasteiger partial charge in [0.1, 0.15) is 12.4 Å². The summed E-state index contributed by atoms with van der Waals surface area (Å²) in [6, 6.07) is 8.35.